The van der Waals surface area contributed by atoms with Crippen LogP contribution in [0.1, 0.15) is 11.6 Å². The first kappa shape index (κ1) is 12.8. The molecular weight excluding hydrogens is 282 g/mol. The zero-order chi connectivity index (χ0) is 12.3. The molecule has 0 radical (unpaired) electrons. The van der Waals surface area contributed by atoms with Gasteiger partial charge >= 0.3 is 0 Å². The van der Waals surface area contributed by atoms with Crippen LogP contribution in [0.5, 0.6) is 0 Å². The topological polar surface area (TPSA) is 64.5 Å². The maximum absolute atomic E-state index is 6.05. The van der Waals surface area contributed by atoms with Crippen molar-refractivity contribution in [3.63, 3.8) is 0 Å². The second-order valence-electron chi connectivity index (χ2n) is 4.14. The number of hydrogen-bond donors (Lipinski definition) is 2. The molecule has 0 spiro atoms. The molecule has 4 nitrogen and oxygen atoms in total. The van der Waals surface area contributed by atoms with E-state index in [2.05, 4.69) is 26.9 Å². The van der Waals surface area contributed by atoms with Crippen LogP contribution in [-0.4, -0.2) is 32.8 Å². The number of nitrogens with zero attached hydrogens (tertiary/aromatic N) is 1. The Morgan fingerprint density at radius 3 is 2.71 bits per heavy atom. The molecule has 1 heterocycles. The lowest BCUT2D eigenvalue weighted by Gasteiger charge is -2.31. The molecule has 0 aromatic heterocycles. The Morgan fingerprint density at radius 2 is 2.06 bits per heavy atom. The van der Waals surface area contributed by atoms with Gasteiger partial charge in [-0.2, -0.15) is 0 Å². The highest BCUT2D eigenvalue weighted by molar-refractivity contribution is 9.10. The molecule has 5 heteroatoms. The zero-order valence-corrected chi connectivity index (χ0v) is 11.3. The minimum atomic E-state index is -0.110. The maximum atomic E-state index is 6.05. The summed E-state index contributed by atoms with van der Waals surface area (Å²) in [5.74, 6) is 0. The van der Waals surface area contributed by atoms with E-state index in [0.717, 1.165) is 36.3 Å². The summed E-state index contributed by atoms with van der Waals surface area (Å²) >= 11 is 3.50. The van der Waals surface area contributed by atoms with E-state index in [9.17, 15) is 0 Å². The van der Waals surface area contributed by atoms with E-state index in [1.807, 2.05) is 12.1 Å². The fourth-order valence-electron chi connectivity index (χ4n) is 2.04. The first-order chi connectivity index (χ1) is 8.22. The molecule has 0 amide bonds. The zero-order valence-electron chi connectivity index (χ0n) is 9.73. The Bertz CT molecular complexity index is 380. The largest absolute Gasteiger partial charge is 0.378 e. The van der Waals surface area contributed by atoms with Gasteiger partial charge in [0.2, 0.25) is 0 Å². The minimum absolute atomic E-state index is 0.110. The number of hydrogen-bond acceptors (Lipinski definition) is 4. The van der Waals surface area contributed by atoms with E-state index in [4.69, 9.17) is 16.2 Å². The summed E-state index contributed by atoms with van der Waals surface area (Å²) in [5.41, 5.74) is 14.0. The van der Waals surface area contributed by atoms with Crippen molar-refractivity contribution in [3.05, 3.63) is 28.2 Å². The highest BCUT2D eigenvalue weighted by Crippen LogP contribution is 2.29. The molecule has 0 saturated carbocycles. The van der Waals surface area contributed by atoms with E-state index in [1.54, 1.807) is 0 Å². The summed E-state index contributed by atoms with van der Waals surface area (Å²) in [7, 11) is 0. The summed E-state index contributed by atoms with van der Waals surface area (Å²) in [6, 6.07) is 6.05. The summed E-state index contributed by atoms with van der Waals surface area (Å²) in [5, 5.41) is 0. The summed E-state index contributed by atoms with van der Waals surface area (Å²) in [6.45, 7) is 3.80. The predicted molar refractivity (Wildman–Crippen MR) is 73.2 cm³/mol. The molecule has 1 aliphatic rings. The van der Waals surface area contributed by atoms with Crippen molar-refractivity contribution in [2.45, 2.75) is 6.04 Å². The van der Waals surface area contributed by atoms with Crippen molar-refractivity contribution in [2.24, 2.45) is 11.5 Å². The number of rotatable bonds is 3. The van der Waals surface area contributed by atoms with E-state index in [0.29, 0.717) is 6.54 Å². The highest BCUT2D eigenvalue weighted by Gasteiger charge is 2.17. The Labute approximate surface area is 110 Å². The van der Waals surface area contributed by atoms with Gasteiger partial charge in [0.25, 0.3) is 0 Å². The molecule has 17 heavy (non-hydrogen) atoms. The van der Waals surface area contributed by atoms with Crippen LogP contribution in [0.25, 0.3) is 0 Å². The van der Waals surface area contributed by atoms with Crippen molar-refractivity contribution in [2.75, 3.05) is 37.7 Å². The van der Waals surface area contributed by atoms with Crippen LogP contribution in [0.15, 0.2) is 22.7 Å². The molecule has 1 aromatic rings. The number of ether oxygens (including phenoxy) is 1. The lowest BCUT2D eigenvalue weighted by atomic mass is 10.0. The quantitative estimate of drug-likeness (QED) is 0.881. The van der Waals surface area contributed by atoms with Gasteiger partial charge in [0, 0.05) is 35.8 Å². The van der Waals surface area contributed by atoms with Crippen LogP contribution in [0.4, 0.5) is 5.69 Å². The molecule has 4 N–H and O–H groups in total. The molecule has 1 aliphatic heterocycles. The standard InChI is InChI=1S/C12H18BrN3O/c13-9-1-2-10(11(15)8-14)12(7-9)16-3-5-17-6-4-16/h1-2,7,11H,3-6,8,14-15H2. The van der Waals surface area contributed by atoms with E-state index in [-0.39, 0.29) is 6.04 Å². The van der Waals surface area contributed by atoms with Crippen molar-refractivity contribution in [1.82, 2.24) is 0 Å². The fourth-order valence-corrected chi connectivity index (χ4v) is 2.38. The molecule has 1 aromatic carbocycles. The lowest BCUT2D eigenvalue weighted by Crippen LogP contribution is -2.37. The normalized spacial score (nSPS) is 18.2. The van der Waals surface area contributed by atoms with Gasteiger partial charge in [-0.25, -0.2) is 0 Å². The first-order valence-electron chi connectivity index (χ1n) is 5.80. The van der Waals surface area contributed by atoms with Gasteiger partial charge in [-0.05, 0) is 17.7 Å². The smallest absolute Gasteiger partial charge is 0.0642 e. The molecule has 0 bridgehead atoms. The maximum Gasteiger partial charge on any atom is 0.0642 e. The van der Waals surface area contributed by atoms with Crippen molar-refractivity contribution in [1.29, 1.82) is 0 Å². The van der Waals surface area contributed by atoms with Crippen LogP contribution in [0.3, 0.4) is 0 Å². The van der Waals surface area contributed by atoms with Crippen molar-refractivity contribution in [3.8, 4) is 0 Å². The molecule has 0 aliphatic carbocycles. The molecule has 1 saturated heterocycles. The first-order valence-corrected chi connectivity index (χ1v) is 6.59. The average molecular weight is 300 g/mol. The van der Waals surface area contributed by atoms with Gasteiger partial charge in [0.05, 0.1) is 13.2 Å². The highest BCUT2D eigenvalue weighted by atomic mass is 79.9. The number of anilines is 1. The summed E-state index contributed by atoms with van der Waals surface area (Å²) < 4.78 is 6.43. The van der Waals surface area contributed by atoms with E-state index >= 15 is 0 Å². The monoisotopic (exact) mass is 299 g/mol. The predicted octanol–water partition coefficient (Wildman–Crippen LogP) is 1.24. The Hall–Kier alpha value is -0.620. The number of benzene rings is 1. The van der Waals surface area contributed by atoms with Crippen LogP contribution in [0, 0.1) is 0 Å². The Morgan fingerprint density at radius 1 is 1.35 bits per heavy atom. The Balaban J connectivity index is 2.31. The van der Waals surface area contributed by atoms with E-state index < -0.39 is 0 Å². The van der Waals surface area contributed by atoms with Crippen LogP contribution in [-0.2, 0) is 4.74 Å². The summed E-state index contributed by atoms with van der Waals surface area (Å²) in [4.78, 5) is 2.30. The van der Waals surface area contributed by atoms with Crippen molar-refractivity contribution >= 4 is 21.6 Å². The molecular formula is C12H18BrN3O. The van der Waals surface area contributed by atoms with Crippen LogP contribution in [0.2, 0.25) is 0 Å². The van der Waals surface area contributed by atoms with Gasteiger partial charge < -0.3 is 21.1 Å². The third-order valence-electron chi connectivity index (χ3n) is 3.00. The number of morpholine rings is 1. The molecule has 1 unspecified atom stereocenters. The lowest BCUT2D eigenvalue weighted by molar-refractivity contribution is 0.122. The number of nitrogens with two attached hydrogens (primary N) is 2. The van der Waals surface area contributed by atoms with Crippen LogP contribution < -0.4 is 16.4 Å². The van der Waals surface area contributed by atoms with Crippen LogP contribution >= 0.6 is 15.9 Å². The molecule has 1 atom stereocenters. The second kappa shape index (κ2) is 5.82. The fraction of sp³-hybridized carbons (Fsp3) is 0.500. The SMILES string of the molecule is NCC(N)c1ccc(Br)cc1N1CCOCC1. The van der Waals surface area contributed by atoms with E-state index in [1.165, 1.54) is 5.69 Å². The molecule has 1 fully saturated rings. The van der Waals surface area contributed by atoms with Gasteiger partial charge in [-0.15, -0.1) is 0 Å². The third kappa shape index (κ3) is 2.98. The second-order valence-corrected chi connectivity index (χ2v) is 5.06. The third-order valence-corrected chi connectivity index (χ3v) is 3.49. The van der Waals surface area contributed by atoms with Gasteiger partial charge in [0.15, 0.2) is 0 Å². The average Bonchev–Trinajstić information content (AvgIpc) is 2.39. The minimum Gasteiger partial charge on any atom is -0.378 e. The van der Waals surface area contributed by atoms with Gasteiger partial charge in [-0.3, -0.25) is 0 Å². The Kier molecular flexibility index (Phi) is 4.39. The molecule has 94 valence electrons. The van der Waals surface area contributed by atoms with Crippen molar-refractivity contribution < 1.29 is 4.74 Å². The van der Waals surface area contributed by atoms with Gasteiger partial charge in [-0.1, -0.05) is 22.0 Å². The summed E-state index contributed by atoms with van der Waals surface area (Å²) in [6.07, 6.45) is 0. The van der Waals surface area contributed by atoms with Gasteiger partial charge in [0.1, 0.15) is 0 Å². The number of halogens is 1. The molecule has 2 rings (SSSR count).